The van der Waals surface area contributed by atoms with E-state index in [-0.39, 0.29) is 11.8 Å². The third-order valence-electron chi connectivity index (χ3n) is 2.39. The minimum absolute atomic E-state index is 0.186. The van der Waals surface area contributed by atoms with Crippen molar-refractivity contribution in [1.29, 1.82) is 0 Å². The number of aliphatic hydroxyl groups is 1. The number of piperidine rings is 1. The Bertz CT molecular complexity index is 174. The first-order chi connectivity index (χ1) is 6.77. The molecule has 1 N–H and O–H groups in total. The van der Waals surface area contributed by atoms with Gasteiger partial charge in [0.2, 0.25) is 5.91 Å². The first kappa shape index (κ1) is 13.1. The predicted molar refractivity (Wildman–Crippen MR) is 53.8 cm³/mol. The van der Waals surface area contributed by atoms with Gasteiger partial charge in [-0.3, -0.25) is 4.79 Å². The molecule has 4 nitrogen and oxygen atoms in total. The second-order valence-corrected chi connectivity index (χ2v) is 3.21. The quantitative estimate of drug-likeness (QED) is 0.660. The number of hydrogen-bond acceptors (Lipinski definition) is 3. The number of aliphatic hydroxyl groups excluding tert-OH is 1. The van der Waals surface area contributed by atoms with Crippen LogP contribution in [0.4, 0.5) is 0 Å². The maximum Gasteiger partial charge on any atom is 0.222 e. The van der Waals surface area contributed by atoms with Gasteiger partial charge in [-0.15, -0.1) is 0 Å². The zero-order valence-electron chi connectivity index (χ0n) is 8.90. The molecule has 1 aliphatic rings. The van der Waals surface area contributed by atoms with E-state index in [1.807, 2.05) is 11.8 Å². The number of likely N-dealkylation sites (tertiary alicyclic amines) is 1. The van der Waals surface area contributed by atoms with Gasteiger partial charge < -0.3 is 14.8 Å². The standard InChI is InChI=1S/C9H15NO2.CH4O/c1-2-9(12)10-5-3-8(7-11)4-6-10;1-2/h7-8H,2-6H2,1H3;2H,1H3. The van der Waals surface area contributed by atoms with Crippen LogP contribution in [0.1, 0.15) is 26.2 Å². The first-order valence-corrected chi connectivity index (χ1v) is 4.95. The van der Waals surface area contributed by atoms with Crippen molar-refractivity contribution in [3.8, 4) is 0 Å². The fourth-order valence-corrected chi connectivity index (χ4v) is 1.51. The average molecular weight is 201 g/mol. The summed E-state index contributed by atoms with van der Waals surface area (Å²) >= 11 is 0. The van der Waals surface area contributed by atoms with E-state index in [1.165, 1.54) is 0 Å². The molecule has 1 heterocycles. The number of hydrogen-bond donors (Lipinski definition) is 1. The van der Waals surface area contributed by atoms with Crippen LogP contribution < -0.4 is 0 Å². The van der Waals surface area contributed by atoms with Gasteiger partial charge in [0, 0.05) is 32.5 Å². The Balaban J connectivity index is 0.000000791. The van der Waals surface area contributed by atoms with Gasteiger partial charge in [0.25, 0.3) is 0 Å². The highest BCUT2D eigenvalue weighted by Crippen LogP contribution is 2.15. The fraction of sp³-hybridized carbons (Fsp3) is 0.800. The van der Waals surface area contributed by atoms with Crippen molar-refractivity contribution < 1.29 is 14.7 Å². The molecule has 0 bridgehead atoms. The number of carbonyl (C=O) groups excluding carboxylic acids is 2. The van der Waals surface area contributed by atoms with Gasteiger partial charge in [0.15, 0.2) is 0 Å². The second kappa shape index (κ2) is 7.50. The molecule has 1 saturated heterocycles. The second-order valence-electron chi connectivity index (χ2n) is 3.21. The summed E-state index contributed by atoms with van der Waals surface area (Å²) in [5.74, 6) is 0.394. The zero-order chi connectivity index (χ0) is 11.0. The largest absolute Gasteiger partial charge is 0.400 e. The molecule has 0 saturated carbocycles. The molecule has 1 rings (SSSR count). The summed E-state index contributed by atoms with van der Waals surface area (Å²) in [5.41, 5.74) is 0. The van der Waals surface area contributed by atoms with Gasteiger partial charge in [-0.25, -0.2) is 0 Å². The van der Waals surface area contributed by atoms with Crippen molar-refractivity contribution in [3.63, 3.8) is 0 Å². The van der Waals surface area contributed by atoms with Gasteiger partial charge in [-0.1, -0.05) is 6.92 Å². The Labute approximate surface area is 84.9 Å². The number of rotatable bonds is 2. The monoisotopic (exact) mass is 201 g/mol. The van der Waals surface area contributed by atoms with Crippen LogP contribution >= 0.6 is 0 Å². The van der Waals surface area contributed by atoms with Crippen molar-refractivity contribution in [1.82, 2.24) is 4.90 Å². The highest BCUT2D eigenvalue weighted by atomic mass is 16.2. The van der Waals surface area contributed by atoms with Gasteiger partial charge in [-0.05, 0) is 12.8 Å². The molecule has 1 amide bonds. The Kier molecular flexibility index (Phi) is 7.02. The van der Waals surface area contributed by atoms with Crippen LogP contribution in [0.3, 0.4) is 0 Å². The smallest absolute Gasteiger partial charge is 0.222 e. The van der Waals surface area contributed by atoms with E-state index in [0.29, 0.717) is 6.42 Å². The average Bonchev–Trinajstić information content (AvgIpc) is 2.31. The Morgan fingerprint density at radius 1 is 1.43 bits per heavy atom. The molecule has 4 heteroatoms. The van der Waals surface area contributed by atoms with Crippen molar-refractivity contribution >= 4 is 12.2 Å². The van der Waals surface area contributed by atoms with Gasteiger partial charge >= 0.3 is 0 Å². The van der Waals surface area contributed by atoms with E-state index in [4.69, 9.17) is 5.11 Å². The third kappa shape index (κ3) is 3.87. The van der Waals surface area contributed by atoms with Crippen LogP contribution in [-0.2, 0) is 9.59 Å². The summed E-state index contributed by atoms with van der Waals surface area (Å²) in [6, 6.07) is 0. The molecule has 1 aliphatic heterocycles. The predicted octanol–water partition coefficient (Wildman–Crippen LogP) is 0.442. The number of nitrogens with zero attached hydrogens (tertiary/aromatic N) is 1. The Morgan fingerprint density at radius 3 is 2.29 bits per heavy atom. The SMILES string of the molecule is CCC(=O)N1CCC(C=O)CC1.CO. The van der Waals surface area contributed by atoms with E-state index in [2.05, 4.69) is 0 Å². The molecule has 0 radical (unpaired) electrons. The fourth-order valence-electron chi connectivity index (χ4n) is 1.51. The van der Waals surface area contributed by atoms with Crippen LogP contribution in [0.25, 0.3) is 0 Å². The van der Waals surface area contributed by atoms with E-state index < -0.39 is 0 Å². The van der Waals surface area contributed by atoms with E-state index in [1.54, 1.807) is 0 Å². The first-order valence-electron chi connectivity index (χ1n) is 4.95. The molecular weight excluding hydrogens is 182 g/mol. The van der Waals surface area contributed by atoms with E-state index in [9.17, 15) is 9.59 Å². The molecular formula is C10H19NO3. The lowest BCUT2D eigenvalue weighted by Crippen LogP contribution is -2.38. The third-order valence-corrected chi connectivity index (χ3v) is 2.39. The Hall–Kier alpha value is -0.900. The van der Waals surface area contributed by atoms with Crippen molar-refractivity contribution in [2.75, 3.05) is 20.2 Å². The summed E-state index contributed by atoms with van der Waals surface area (Å²) < 4.78 is 0. The molecule has 82 valence electrons. The minimum Gasteiger partial charge on any atom is -0.400 e. The highest BCUT2D eigenvalue weighted by Gasteiger charge is 2.20. The van der Waals surface area contributed by atoms with Gasteiger partial charge in [0.1, 0.15) is 6.29 Å². The van der Waals surface area contributed by atoms with Crippen LogP contribution in [-0.4, -0.2) is 42.4 Å². The Morgan fingerprint density at radius 2 is 1.93 bits per heavy atom. The molecule has 0 aromatic heterocycles. The summed E-state index contributed by atoms with van der Waals surface area (Å²) in [4.78, 5) is 23.4. The molecule has 1 fully saturated rings. The summed E-state index contributed by atoms with van der Waals surface area (Å²) in [6.45, 7) is 3.39. The van der Waals surface area contributed by atoms with E-state index >= 15 is 0 Å². The lowest BCUT2D eigenvalue weighted by atomic mass is 9.98. The van der Waals surface area contributed by atoms with Crippen LogP contribution in [0.5, 0.6) is 0 Å². The minimum atomic E-state index is 0.186. The zero-order valence-corrected chi connectivity index (χ0v) is 8.90. The lowest BCUT2D eigenvalue weighted by molar-refractivity contribution is -0.133. The lowest BCUT2D eigenvalue weighted by Gasteiger charge is -2.29. The number of aldehydes is 1. The van der Waals surface area contributed by atoms with Crippen LogP contribution in [0, 0.1) is 5.92 Å². The number of amides is 1. The molecule has 0 aliphatic carbocycles. The molecule has 0 aromatic carbocycles. The molecule has 0 atom stereocenters. The van der Waals surface area contributed by atoms with Gasteiger partial charge in [0.05, 0.1) is 0 Å². The maximum atomic E-state index is 11.2. The molecule has 0 unspecified atom stereocenters. The normalized spacial score (nSPS) is 16.9. The van der Waals surface area contributed by atoms with Crippen molar-refractivity contribution in [2.24, 2.45) is 5.92 Å². The summed E-state index contributed by atoms with van der Waals surface area (Å²) in [7, 11) is 1.00. The molecule has 14 heavy (non-hydrogen) atoms. The summed E-state index contributed by atoms with van der Waals surface area (Å²) in [6.07, 6.45) is 3.27. The van der Waals surface area contributed by atoms with Crippen LogP contribution in [0.2, 0.25) is 0 Å². The maximum absolute atomic E-state index is 11.2. The summed E-state index contributed by atoms with van der Waals surface area (Å²) in [5, 5.41) is 7.00. The van der Waals surface area contributed by atoms with Crippen molar-refractivity contribution in [3.05, 3.63) is 0 Å². The van der Waals surface area contributed by atoms with Crippen LogP contribution in [0.15, 0.2) is 0 Å². The van der Waals surface area contributed by atoms with E-state index in [0.717, 1.165) is 39.3 Å². The molecule has 0 spiro atoms. The van der Waals surface area contributed by atoms with Gasteiger partial charge in [-0.2, -0.15) is 0 Å². The van der Waals surface area contributed by atoms with Crippen molar-refractivity contribution in [2.45, 2.75) is 26.2 Å². The highest BCUT2D eigenvalue weighted by molar-refractivity contribution is 5.76. The topological polar surface area (TPSA) is 57.6 Å². The number of carbonyl (C=O) groups is 2. The molecule has 0 aromatic rings.